The Morgan fingerprint density at radius 1 is 1.75 bits per heavy atom. The third-order valence-electron chi connectivity index (χ3n) is 1.44. The second-order valence-electron chi connectivity index (χ2n) is 1.91. The molecule has 0 N–H and O–H groups in total. The standard InChI is InChI=1S/C6H6O2/c1-2-6-5(8-6)3-4-7-6/h2-5H,1H2. The molecule has 0 aromatic carbocycles. The van der Waals surface area contributed by atoms with Gasteiger partial charge in [0.1, 0.15) is 0 Å². The lowest BCUT2D eigenvalue weighted by Crippen LogP contribution is -2.06. The SMILES string of the molecule is C=CC12OC=CC1O2. The Morgan fingerprint density at radius 3 is 2.88 bits per heavy atom. The average molecular weight is 110 g/mol. The first-order chi connectivity index (χ1) is 3.87. The second-order valence-corrected chi connectivity index (χ2v) is 1.91. The predicted octanol–water partition coefficient (Wildman–Crippen LogP) is 0.811. The molecule has 2 heterocycles. The van der Waals surface area contributed by atoms with Gasteiger partial charge in [-0.15, -0.1) is 0 Å². The predicted molar refractivity (Wildman–Crippen MR) is 28.0 cm³/mol. The van der Waals surface area contributed by atoms with Gasteiger partial charge in [0.15, 0.2) is 6.10 Å². The van der Waals surface area contributed by atoms with Gasteiger partial charge in [0.2, 0.25) is 0 Å². The lowest BCUT2D eigenvalue weighted by molar-refractivity contribution is 0.0626. The molecular weight excluding hydrogens is 104 g/mol. The van der Waals surface area contributed by atoms with Crippen LogP contribution in [0.15, 0.2) is 25.0 Å². The van der Waals surface area contributed by atoms with E-state index in [0.29, 0.717) is 0 Å². The minimum atomic E-state index is -0.444. The Kier molecular flexibility index (Phi) is 0.507. The molecule has 1 saturated heterocycles. The van der Waals surface area contributed by atoms with Crippen LogP contribution in [0.25, 0.3) is 0 Å². The highest BCUT2D eigenvalue weighted by molar-refractivity contribution is 5.20. The summed E-state index contributed by atoms with van der Waals surface area (Å²) in [6.45, 7) is 3.57. The van der Waals surface area contributed by atoms with Crippen LogP contribution in [0.1, 0.15) is 0 Å². The maximum atomic E-state index is 5.06. The summed E-state index contributed by atoms with van der Waals surface area (Å²) in [7, 11) is 0. The summed E-state index contributed by atoms with van der Waals surface area (Å²) in [6, 6.07) is 0. The minimum Gasteiger partial charge on any atom is -0.463 e. The molecule has 2 aliphatic heterocycles. The van der Waals surface area contributed by atoms with Gasteiger partial charge in [-0.3, -0.25) is 0 Å². The van der Waals surface area contributed by atoms with Crippen LogP contribution < -0.4 is 0 Å². The van der Waals surface area contributed by atoms with Crippen molar-refractivity contribution in [2.45, 2.75) is 11.9 Å². The first-order valence-electron chi connectivity index (χ1n) is 2.53. The molecular formula is C6H6O2. The van der Waals surface area contributed by atoms with Gasteiger partial charge in [-0.1, -0.05) is 6.58 Å². The van der Waals surface area contributed by atoms with Gasteiger partial charge in [0.25, 0.3) is 5.79 Å². The van der Waals surface area contributed by atoms with Gasteiger partial charge in [0, 0.05) is 0 Å². The highest BCUT2D eigenvalue weighted by Gasteiger charge is 2.58. The number of epoxide rings is 1. The van der Waals surface area contributed by atoms with E-state index in [2.05, 4.69) is 6.58 Å². The highest BCUT2D eigenvalue weighted by atomic mass is 16.8. The van der Waals surface area contributed by atoms with Crippen LogP contribution in [0.3, 0.4) is 0 Å². The lowest BCUT2D eigenvalue weighted by Gasteiger charge is -1.99. The van der Waals surface area contributed by atoms with Crippen molar-refractivity contribution in [3.63, 3.8) is 0 Å². The summed E-state index contributed by atoms with van der Waals surface area (Å²) < 4.78 is 10.1. The molecule has 0 spiro atoms. The third-order valence-corrected chi connectivity index (χ3v) is 1.44. The van der Waals surface area contributed by atoms with Crippen LogP contribution in [0, 0.1) is 0 Å². The van der Waals surface area contributed by atoms with Gasteiger partial charge in [0.05, 0.1) is 6.26 Å². The smallest absolute Gasteiger partial charge is 0.260 e. The molecule has 2 rings (SSSR count). The molecule has 0 aliphatic carbocycles. The molecule has 2 aliphatic rings. The molecule has 0 radical (unpaired) electrons. The zero-order valence-electron chi connectivity index (χ0n) is 4.33. The van der Waals surface area contributed by atoms with Gasteiger partial charge < -0.3 is 9.47 Å². The Morgan fingerprint density at radius 2 is 2.62 bits per heavy atom. The second kappa shape index (κ2) is 0.977. The van der Waals surface area contributed by atoms with Crippen molar-refractivity contribution < 1.29 is 9.47 Å². The first kappa shape index (κ1) is 4.15. The topological polar surface area (TPSA) is 21.8 Å². The summed E-state index contributed by atoms with van der Waals surface area (Å²) in [5.74, 6) is -0.444. The van der Waals surface area contributed by atoms with Crippen molar-refractivity contribution in [1.29, 1.82) is 0 Å². The van der Waals surface area contributed by atoms with Crippen LogP contribution in [0.2, 0.25) is 0 Å². The molecule has 0 aromatic rings. The van der Waals surface area contributed by atoms with E-state index in [4.69, 9.17) is 9.47 Å². The largest absolute Gasteiger partial charge is 0.463 e. The van der Waals surface area contributed by atoms with E-state index in [1.165, 1.54) is 0 Å². The van der Waals surface area contributed by atoms with Crippen LogP contribution >= 0.6 is 0 Å². The highest BCUT2D eigenvalue weighted by Crippen LogP contribution is 2.43. The average Bonchev–Trinajstić information content (AvgIpc) is 2.38. The lowest BCUT2D eigenvalue weighted by atomic mass is 10.3. The fraction of sp³-hybridized carbons (Fsp3) is 0.333. The molecule has 2 atom stereocenters. The monoisotopic (exact) mass is 110 g/mol. The fourth-order valence-electron chi connectivity index (χ4n) is 0.862. The van der Waals surface area contributed by atoms with E-state index in [1.54, 1.807) is 12.3 Å². The van der Waals surface area contributed by atoms with Gasteiger partial charge in [-0.05, 0) is 12.2 Å². The zero-order chi connectivity index (χ0) is 5.61. The molecule has 0 aromatic heterocycles. The number of ether oxygens (including phenoxy) is 2. The maximum Gasteiger partial charge on any atom is 0.260 e. The van der Waals surface area contributed by atoms with Gasteiger partial charge >= 0.3 is 0 Å². The summed E-state index contributed by atoms with van der Waals surface area (Å²) in [6.07, 6.45) is 5.36. The quantitative estimate of drug-likeness (QED) is 0.368. The van der Waals surface area contributed by atoms with Crippen LogP contribution in [-0.4, -0.2) is 11.9 Å². The Hall–Kier alpha value is -0.760. The zero-order valence-corrected chi connectivity index (χ0v) is 4.33. The number of hydrogen-bond donors (Lipinski definition) is 0. The van der Waals surface area contributed by atoms with E-state index in [9.17, 15) is 0 Å². The fourth-order valence-corrected chi connectivity index (χ4v) is 0.862. The first-order valence-corrected chi connectivity index (χ1v) is 2.53. The van der Waals surface area contributed by atoms with Gasteiger partial charge in [-0.2, -0.15) is 0 Å². The summed E-state index contributed by atoms with van der Waals surface area (Å²) >= 11 is 0. The normalized spacial score (nSPS) is 47.8. The molecule has 2 heteroatoms. The van der Waals surface area contributed by atoms with Crippen molar-refractivity contribution in [2.24, 2.45) is 0 Å². The third kappa shape index (κ3) is 0.283. The molecule has 1 fully saturated rings. The minimum absolute atomic E-state index is 0.153. The maximum absolute atomic E-state index is 5.06. The van der Waals surface area contributed by atoms with E-state index >= 15 is 0 Å². The molecule has 0 bridgehead atoms. The summed E-state index contributed by atoms with van der Waals surface area (Å²) in [4.78, 5) is 0. The number of hydrogen-bond acceptors (Lipinski definition) is 2. The van der Waals surface area contributed by atoms with Crippen molar-refractivity contribution in [2.75, 3.05) is 0 Å². The van der Waals surface area contributed by atoms with Crippen LogP contribution in [0.4, 0.5) is 0 Å². The Labute approximate surface area is 47.4 Å². The molecule has 42 valence electrons. The van der Waals surface area contributed by atoms with Crippen molar-refractivity contribution in [3.05, 3.63) is 25.0 Å². The summed E-state index contributed by atoms with van der Waals surface area (Å²) in [5, 5.41) is 0. The van der Waals surface area contributed by atoms with Gasteiger partial charge in [-0.25, -0.2) is 0 Å². The van der Waals surface area contributed by atoms with Crippen LogP contribution in [0.5, 0.6) is 0 Å². The van der Waals surface area contributed by atoms with E-state index in [1.807, 2.05) is 6.08 Å². The van der Waals surface area contributed by atoms with Crippen molar-refractivity contribution in [1.82, 2.24) is 0 Å². The van der Waals surface area contributed by atoms with E-state index < -0.39 is 5.79 Å². The summed E-state index contributed by atoms with van der Waals surface area (Å²) in [5.41, 5.74) is 0. The number of rotatable bonds is 1. The van der Waals surface area contributed by atoms with Crippen molar-refractivity contribution >= 4 is 0 Å². The molecule has 0 saturated carbocycles. The number of fused-ring (bicyclic) bond motifs is 1. The Bertz CT molecular complexity index is 162. The Balaban J connectivity index is 2.26. The molecule has 8 heavy (non-hydrogen) atoms. The van der Waals surface area contributed by atoms with E-state index in [-0.39, 0.29) is 6.10 Å². The molecule has 0 amide bonds. The van der Waals surface area contributed by atoms with E-state index in [0.717, 1.165) is 0 Å². The molecule has 2 unspecified atom stereocenters. The van der Waals surface area contributed by atoms with Crippen LogP contribution in [-0.2, 0) is 9.47 Å². The van der Waals surface area contributed by atoms with Crippen molar-refractivity contribution in [3.8, 4) is 0 Å². The molecule has 2 nitrogen and oxygen atoms in total.